The molecule has 2 rings (SSSR count). The minimum absolute atomic E-state index is 0.0672. The van der Waals surface area contributed by atoms with Crippen molar-refractivity contribution in [2.75, 3.05) is 11.9 Å². The molecule has 0 fully saturated rings. The molecule has 0 atom stereocenters. The lowest BCUT2D eigenvalue weighted by molar-refractivity contribution is -0.118. The van der Waals surface area contributed by atoms with E-state index in [9.17, 15) is 4.79 Å². The van der Waals surface area contributed by atoms with E-state index in [1.54, 1.807) is 48.9 Å². The predicted octanol–water partition coefficient (Wildman–Crippen LogP) is 1.49. The lowest BCUT2D eigenvalue weighted by atomic mass is 10.4. The van der Waals surface area contributed by atoms with Gasteiger partial charge in [0.05, 0.1) is 6.20 Å². The van der Waals surface area contributed by atoms with E-state index in [1.165, 1.54) is 0 Å². The van der Waals surface area contributed by atoms with Crippen LogP contribution in [0.5, 0.6) is 5.75 Å². The summed E-state index contributed by atoms with van der Waals surface area (Å²) in [7, 11) is 0. The topological polar surface area (TPSA) is 64.1 Å². The van der Waals surface area contributed by atoms with Gasteiger partial charge in [-0.15, -0.1) is 0 Å². The number of nitrogens with zero attached hydrogens (tertiary/aromatic N) is 2. The molecular formula is C12H11N3O2. The highest BCUT2D eigenvalue weighted by molar-refractivity contribution is 5.90. The summed E-state index contributed by atoms with van der Waals surface area (Å²) in [4.78, 5) is 19.3. The van der Waals surface area contributed by atoms with E-state index in [0.29, 0.717) is 11.6 Å². The molecule has 2 heterocycles. The maximum Gasteiger partial charge on any atom is 0.263 e. The SMILES string of the molecule is O=C(COc1cccnc1)Nc1ccccn1. The first-order chi connectivity index (χ1) is 8.34. The molecule has 0 bridgehead atoms. The first-order valence-corrected chi connectivity index (χ1v) is 5.08. The highest BCUT2D eigenvalue weighted by Gasteiger charge is 2.03. The van der Waals surface area contributed by atoms with Crippen molar-refractivity contribution in [3.8, 4) is 5.75 Å². The van der Waals surface area contributed by atoms with Crippen LogP contribution in [0.4, 0.5) is 5.82 Å². The molecule has 2 aromatic heterocycles. The zero-order valence-electron chi connectivity index (χ0n) is 9.04. The lowest BCUT2D eigenvalue weighted by Gasteiger charge is -2.05. The molecule has 17 heavy (non-hydrogen) atoms. The van der Waals surface area contributed by atoms with E-state index in [-0.39, 0.29) is 12.5 Å². The normalized spacial score (nSPS) is 9.65. The van der Waals surface area contributed by atoms with Crippen molar-refractivity contribution in [3.63, 3.8) is 0 Å². The van der Waals surface area contributed by atoms with Gasteiger partial charge in [-0.05, 0) is 24.3 Å². The van der Waals surface area contributed by atoms with Gasteiger partial charge in [0.25, 0.3) is 5.91 Å². The molecular weight excluding hydrogens is 218 g/mol. The standard InChI is InChI=1S/C12H11N3O2/c16-12(15-11-5-1-2-7-14-11)9-17-10-4-3-6-13-8-10/h1-8H,9H2,(H,14,15,16). The molecule has 5 nitrogen and oxygen atoms in total. The quantitative estimate of drug-likeness (QED) is 0.862. The fourth-order valence-electron chi connectivity index (χ4n) is 1.20. The average Bonchev–Trinajstić information content (AvgIpc) is 2.39. The van der Waals surface area contributed by atoms with Crippen LogP contribution in [0.3, 0.4) is 0 Å². The number of pyridine rings is 2. The Kier molecular flexibility index (Phi) is 3.64. The Morgan fingerprint density at radius 3 is 2.88 bits per heavy atom. The van der Waals surface area contributed by atoms with Crippen LogP contribution in [-0.4, -0.2) is 22.5 Å². The first-order valence-electron chi connectivity index (χ1n) is 5.08. The van der Waals surface area contributed by atoms with Crippen molar-refractivity contribution in [2.24, 2.45) is 0 Å². The fraction of sp³-hybridized carbons (Fsp3) is 0.0833. The fourth-order valence-corrected chi connectivity index (χ4v) is 1.20. The summed E-state index contributed by atoms with van der Waals surface area (Å²) in [6.45, 7) is -0.0672. The number of hydrogen-bond donors (Lipinski definition) is 1. The molecule has 0 spiro atoms. The molecule has 0 aliphatic carbocycles. The number of carbonyl (C=O) groups excluding carboxylic acids is 1. The molecule has 0 saturated heterocycles. The summed E-state index contributed by atoms with van der Waals surface area (Å²) >= 11 is 0. The third-order valence-corrected chi connectivity index (χ3v) is 1.94. The predicted molar refractivity (Wildman–Crippen MR) is 62.6 cm³/mol. The summed E-state index contributed by atoms with van der Waals surface area (Å²) in [6.07, 6.45) is 4.80. The van der Waals surface area contributed by atoms with Gasteiger partial charge in [-0.1, -0.05) is 6.07 Å². The molecule has 1 amide bonds. The summed E-state index contributed by atoms with van der Waals surface area (Å²) in [5.41, 5.74) is 0. The zero-order valence-corrected chi connectivity index (χ0v) is 9.04. The van der Waals surface area contributed by atoms with Crippen molar-refractivity contribution in [1.82, 2.24) is 9.97 Å². The van der Waals surface area contributed by atoms with Crippen molar-refractivity contribution >= 4 is 11.7 Å². The van der Waals surface area contributed by atoms with E-state index >= 15 is 0 Å². The third kappa shape index (κ3) is 3.57. The van der Waals surface area contributed by atoms with E-state index < -0.39 is 0 Å². The molecule has 0 unspecified atom stereocenters. The Morgan fingerprint density at radius 2 is 2.18 bits per heavy atom. The van der Waals surface area contributed by atoms with Gasteiger partial charge < -0.3 is 10.1 Å². The number of amides is 1. The minimum atomic E-state index is -0.257. The molecule has 0 radical (unpaired) electrons. The number of hydrogen-bond acceptors (Lipinski definition) is 4. The summed E-state index contributed by atoms with van der Waals surface area (Å²) in [6, 6.07) is 8.77. The maximum atomic E-state index is 11.5. The zero-order chi connectivity index (χ0) is 11.9. The Balaban J connectivity index is 1.83. The molecule has 0 saturated carbocycles. The molecule has 0 aliphatic heterocycles. The van der Waals surface area contributed by atoms with Crippen LogP contribution >= 0.6 is 0 Å². The molecule has 5 heteroatoms. The van der Waals surface area contributed by atoms with Gasteiger partial charge in [-0.2, -0.15) is 0 Å². The van der Waals surface area contributed by atoms with Gasteiger partial charge in [0.1, 0.15) is 11.6 Å². The van der Waals surface area contributed by atoms with Crippen LogP contribution in [0.2, 0.25) is 0 Å². The molecule has 2 aromatic rings. The first kappa shape index (κ1) is 11.1. The van der Waals surface area contributed by atoms with Crippen molar-refractivity contribution < 1.29 is 9.53 Å². The summed E-state index contributed by atoms with van der Waals surface area (Å²) < 4.78 is 5.24. The van der Waals surface area contributed by atoms with Gasteiger partial charge in [-0.25, -0.2) is 4.98 Å². The van der Waals surface area contributed by atoms with E-state index in [0.717, 1.165) is 0 Å². The summed E-state index contributed by atoms with van der Waals surface area (Å²) in [5.74, 6) is 0.809. The van der Waals surface area contributed by atoms with E-state index in [1.807, 2.05) is 0 Å². The number of aromatic nitrogens is 2. The number of anilines is 1. The summed E-state index contributed by atoms with van der Waals surface area (Å²) in [5, 5.41) is 2.62. The van der Waals surface area contributed by atoms with E-state index in [4.69, 9.17) is 4.74 Å². The van der Waals surface area contributed by atoms with Crippen LogP contribution < -0.4 is 10.1 Å². The van der Waals surface area contributed by atoms with E-state index in [2.05, 4.69) is 15.3 Å². The van der Waals surface area contributed by atoms with Gasteiger partial charge in [0.2, 0.25) is 0 Å². The molecule has 0 aliphatic rings. The Hall–Kier alpha value is -2.43. The Labute approximate surface area is 98.5 Å². The maximum absolute atomic E-state index is 11.5. The smallest absolute Gasteiger partial charge is 0.263 e. The third-order valence-electron chi connectivity index (χ3n) is 1.94. The van der Waals surface area contributed by atoms with Gasteiger partial charge >= 0.3 is 0 Å². The van der Waals surface area contributed by atoms with Gasteiger partial charge in [0.15, 0.2) is 6.61 Å². The number of rotatable bonds is 4. The van der Waals surface area contributed by atoms with Crippen LogP contribution in [0, 0.1) is 0 Å². The second-order valence-electron chi connectivity index (χ2n) is 3.24. The van der Waals surface area contributed by atoms with Crippen molar-refractivity contribution in [1.29, 1.82) is 0 Å². The largest absolute Gasteiger partial charge is 0.482 e. The van der Waals surface area contributed by atoms with Crippen LogP contribution in [0.15, 0.2) is 48.9 Å². The minimum Gasteiger partial charge on any atom is -0.482 e. The lowest BCUT2D eigenvalue weighted by Crippen LogP contribution is -2.20. The molecule has 0 aromatic carbocycles. The van der Waals surface area contributed by atoms with Gasteiger partial charge in [0, 0.05) is 12.4 Å². The van der Waals surface area contributed by atoms with Gasteiger partial charge in [-0.3, -0.25) is 9.78 Å². The second-order valence-corrected chi connectivity index (χ2v) is 3.24. The average molecular weight is 229 g/mol. The van der Waals surface area contributed by atoms with Crippen LogP contribution in [0.25, 0.3) is 0 Å². The Bertz CT molecular complexity index is 474. The number of carbonyl (C=O) groups is 1. The highest BCUT2D eigenvalue weighted by Crippen LogP contribution is 2.06. The van der Waals surface area contributed by atoms with Crippen molar-refractivity contribution in [3.05, 3.63) is 48.9 Å². The highest BCUT2D eigenvalue weighted by atomic mass is 16.5. The Morgan fingerprint density at radius 1 is 1.24 bits per heavy atom. The molecule has 86 valence electrons. The van der Waals surface area contributed by atoms with Crippen molar-refractivity contribution in [2.45, 2.75) is 0 Å². The van der Waals surface area contributed by atoms with Crippen LogP contribution in [0.1, 0.15) is 0 Å². The monoisotopic (exact) mass is 229 g/mol. The van der Waals surface area contributed by atoms with Crippen LogP contribution in [-0.2, 0) is 4.79 Å². The second kappa shape index (κ2) is 5.60. The number of nitrogens with one attached hydrogen (secondary N) is 1. The molecule has 1 N–H and O–H groups in total. The number of ether oxygens (including phenoxy) is 1.